The Kier molecular flexibility index (Phi) is 8.67. The Hall–Kier alpha value is -0.123. The molecule has 19 heavy (non-hydrogen) atoms. The van der Waals surface area contributed by atoms with Crippen molar-refractivity contribution in [1.29, 1.82) is 0 Å². The number of rotatable bonds is 10. The monoisotopic (exact) mass is 342 g/mol. The fourth-order valence-corrected chi connectivity index (χ4v) is 4.63. The zero-order valence-electron chi connectivity index (χ0n) is 12.3. The van der Waals surface area contributed by atoms with Gasteiger partial charge < -0.3 is 4.43 Å². The number of halogens is 1. The van der Waals surface area contributed by atoms with Gasteiger partial charge in [-0.1, -0.05) is 65.5 Å². The Morgan fingerprint density at radius 1 is 0.947 bits per heavy atom. The minimum atomic E-state index is -1.53. The first kappa shape index (κ1) is 16.9. The summed E-state index contributed by atoms with van der Waals surface area (Å²) in [4.78, 5) is 0. The molecule has 0 aliphatic carbocycles. The fraction of sp³-hybridized carbons (Fsp3) is 0.625. The van der Waals surface area contributed by atoms with E-state index in [0.29, 0.717) is 0 Å². The molecule has 0 aromatic heterocycles. The van der Waals surface area contributed by atoms with Crippen molar-refractivity contribution in [3.63, 3.8) is 0 Å². The van der Waals surface area contributed by atoms with Gasteiger partial charge in [0.2, 0.25) is 0 Å². The quantitative estimate of drug-likeness (QED) is 0.317. The van der Waals surface area contributed by atoms with Crippen LogP contribution in [0.5, 0.6) is 0 Å². The molecule has 1 nitrogen and oxygen atoms in total. The van der Waals surface area contributed by atoms with Gasteiger partial charge in [0.1, 0.15) is 0 Å². The van der Waals surface area contributed by atoms with Gasteiger partial charge in [-0.2, -0.15) is 0 Å². The summed E-state index contributed by atoms with van der Waals surface area (Å²) >= 11 is 3.47. The average Bonchev–Trinajstić information content (AvgIpc) is 2.38. The lowest BCUT2D eigenvalue weighted by Gasteiger charge is -2.23. The number of alkyl halides is 1. The Bertz CT molecular complexity index is 327. The average molecular weight is 343 g/mol. The molecule has 0 unspecified atom stereocenters. The summed E-state index contributed by atoms with van der Waals surface area (Å²) in [6.45, 7) is 5.59. The van der Waals surface area contributed by atoms with Crippen LogP contribution in [0, 0.1) is 0 Å². The van der Waals surface area contributed by atoms with Gasteiger partial charge in [-0.25, -0.2) is 0 Å². The molecule has 3 heteroatoms. The molecule has 0 atom stereocenters. The molecule has 0 aliphatic heterocycles. The third kappa shape index (κ3) is 8.61. The molecule has 0 bridgehead atoms. The summed E-state index contributed by atoms with van der Waals surface area (Å²) in [5, 5.41) is 1.14. The highest BCUT2D eigenvalue weighted by molar-refractivity contribution is 9.09. The second kappa shape index (κ2) is 9.73. The molecule has 1 aromatic rings. The highest BCUT2D eigenvalue weighted by Gasteiger charge is 2.22. The Morgan fingerprint density at radius 3 is 2.26 bits per heavy atom. The van der Waals surface area contributed by atoms with Gasteiger partial charge in [-0.3, -0.25) is 0 Å². The summed E-state index contributed by atoms with van der Waals surface area (Å²) in [7, 11) is -1.53. The summed E-state index contributed by atoms with van der Waals surface area (Å²) in [5.74, 6) is 0. The van der Waals surface area contributed by atoms with Gasteiger partial charge in [-0.05, 0) is 37.5 Å². The number of benzene rings is 1. The topological polar surface area (TPSA) is 9.23 Å². The van der Waals surface area contributed by atoms with Crippen molar-refractivity contribution >= 4 is 24.2 Å². The van der Waals surface area contributed by atoms with Crippen molar-refractivity contribution in [2.45, 2.75) is 51.2 Å². The molecule has 0 radical (unpaired) electrons. The minimum absolute atomic E-state index is 0.945. The number of hydrogen-bond donors (Lipinski definition) is 0. The first-order valence-electron chi connectivity index (χ1n) is 7.38. The maximum atomic E-state index is 6.17. The summed E-state index contributed by atoms with van der Waals surface area (Å²) in [6, 6.07) is 11.8. The molecule has 0 amide bonds. The molecule has 0 fully saturated rings. The lowest BCUT2D eigenvalue weighted by atomic mass is 10.2. The van der Waals surface area contributed by atoms with Crippen molar-refractivity contribution in [2.75, 3.05) is 11.9 Å². The first-order valence-corrected chi connectivity index (χ1v) is 11.6. The molecule has 1 rings (SSSR count). The zero-order chi connectivity index (χ0) is 14.0. The maximum Gasteiger partial charge on any atom is 0.190 e. The van der Waals surface area contributed by atoms with Crippen LogP contribution < -0.4 is 0 Å². The van der Waals surface area contributed by atoms with Crippen LogP contribution in [0.4, 0.5) is 0 Å². The number of hydrogen-bond acceptors (Lipinski definition) is 1. The van der Waals surface area contributed by atoms with Gasteiger partial charge in [-0.15, -0.1) is 0 Å². The molecule has 0 aliphatic rings. The highest BCUT2D eigenvalue weighted by atomic mass is 79.9. The molecular formula is C16H27BrOSi. The van der Waals surface area contributed by atoms with Crippen molar-refractivity contribution in [3.05, 3.63) is 35.9 Å². The van der Waals surface area contributed by atoms with Gasteiger partial charge in [0.25, 0.3) is 0 Å². The van der Waals surface area contributed by atoms with E-state index in [1.54, 1.807) is 0 Å². The van der Waals surface area contributed by atoms with Crippen LogP contribution >= 0.6 is 15.9 Å². The SMILES string of the molecule is C[Si](C)(Cc1ccccc1)OCCCCCCCBr. The van der Waals surface area contributed by atoms with Crippen LogP contribution in [0.25, 0.3) is 0 Å². The molecule has 0 heterocycles. The smallest absolute Gasteiger partial charge is 0.190 e. The van der Waals surface area contributed by atoms with E-state index in [9.17, 15) is 0 Å². The Labute approximate surface area is 128 Å². The van der Waals surface area contributed by atoms with Crippen molar-refractivity contribution in [3.8, 4) is 0 Å². The van der Waals surface area contributed by atoms with Crippen LogP contribution in [-0.2, 0) is 10.5 Å². The van der Waals surface area contributed by atoms with Gasteiger partial charge in [0.15, 0.2) is 8.32 Å². The van der Waals surface area contributed by atoms with Crippen LogP contribution in [0.1, 0.15) is 37.7 Å². The molecule has 0 N–H and O–H groups in total. The third-order valence-electron chi connectivity index (χ3n) is 3.24. The van der Waals surface area contributed by atoms with Crippen LogP contribution in [0.3, 0.4) is 0 Å². The van der Waals surface area contributed by atoms with Crippen molar-refractivity contribution < 1.29 is 4.43 Å². The molecule has 1 aromatic carbocycles. The normalized spacial score (nSPS) is 11.7. The fourth-order valence-electron chi connectivity index (χ4n) is 2.21. The molecule has 0 saturated heterocycles. The third-order valence-corrected chi connectivity index (χ3v) is 6.05. The van der Waals surface area contributed by atoms with E-state index in [1.165, 1.54) is 37.7 Å². The van der Waals surface area contributed by atoms with Crippen LogP contribution in [0.15, 0.2) is 30.3 Å². The zero-order valence-corrected chi connectivity index (χ0v) is 14.9. The lowest BCUT2D eigenvalue weighted by molar-refractivity contribution is 0.294. The summed E-state index contributed by atoms with van der Waals surface area (Å²) in [5.41, 5.74) is 1.41. The van der Waals surface area contributed by atoms with E-state index in [4.69, 9.17) is 4.43 Å². The second-order valence-corrected chi connectivity index (χ2v) is 10.7. The number of unbranched alkanes of at least 4 members (excludes halogenated alkanes) is 4. The predicted octanol–water partition coefficient (Wildman–Crippen LogP) is 5.34. The van der Waals surface area contributed by atoms with E-state index < -0.39 is 8.32 Å². The standard InChI is InChI=1S/C16H27BrOSi/c1-19(2,15-16-11-7-6-8-12-16)18-14-10-5-3-4-9-13-17/h6-8,11-12H,3-5,9-10,13-15H2,1-2H3. The first-order chi connectivity index (χ1) is 9.14. The lowest BCUT2D eigenvalue weighted by Crippen LogP contribution is -2.34. The molecule has 108 valence electrons. The van der Waals surface area contributed by atoms with E-state index in [0.717, 1.165) is 18.0 Å². The second-order valence-electron chi connectivity index (χ2n) is 5.73. The van der Waals surface area contributed by atoms with Gasteiger partial charge in [0.05, 0.1) is 0 Å². The molecular weight excluding hydrogens is 316 g/mol. The molecule has 0 spiro atoms. The highest BCUT2D eigenvalue weighted by Crippen LogP contribution is 2.14. The van der Waals surface area contributed by atoms with E-state index in [-0.39, 0.29) is 0 Å². The Morgan fingerprint density at radius 2 is 1.58 bits per heavy atom. The van der Waals surface area contributed by atoms with Crippen LogP contribution in [0.2, 0.25) is 13.1 Å². The van der Waals surface area contributed by atoms with Crippen molar-refractivity contribution in [2.24, 2.45) is 0 Å². The van der Waals surface area contributed by atoms with E-state index >= 15 is 0 Å². The van der Waals surface area contributed by atoms with Crippen LogP contribution in [-0.4, -0.2) is 20.3 Å². The van der Waals surface area contributed by atoms with Crippen molar-refractivity contribution in [1.82, 2.24) is 0 Å². The maximum absolute atomic E-state index is 6.17. The minimum Gasteiger partial charge on any atom is -0.417 e. The van der Waals surface area contributed by atoms with E-state index in [2.05, 4.69) is 59.4 Å². The predicted molar refractivity (Wildman–Crippen MR) is 90.5 cm³/mol. The summed E-state index contributed by atoms with van der Waals surface area (Å²) < 4.78 is 6.17. The Balaban J connectivity index is 2.13. The largest absolute Gasteiger partial charge is 0.417 e. The molecule has 0 saturated carbocycles. The van der Waals surface area contributed by atoms with E-state index in [1.807, 2.05) is 0 Å². The van der Waals surface area contributed by atoms with Gasteiger partial charge in [0, 0.05) is 11.9 Å². The van der Waals surface area contributed by atoms with Gasteiger partial charge >= 0.3 is 0 Å². The summed E-state index contributed by atoms with van der Waals surface area (Å²) in [6.07, 6.45) is 6.51.